The van der Waals surface area contributed by atoms with Gasteiger partial charge in [-0.3, -0.25) is 14.4 Å². The van der Waals surface area contributed by atoms with Crippen LogP contribution in [0.15, 0.2) is 60.7 Å². The standard InChI is InChI=1S/C22H22O5/c1-26-20(24)22(21(25)27-2)18(15-9-5-3-6-10-15)13-17(23)14-19(22)16-11-7-4-8-12-16/h3-12,18-19H,13-14H2,1-2H3. The van der Waals surface area contributed by atoms with Crippen molar-refractivity contribution in [3.05, 3.63) is 71.8 Å². The topological polar surface area (TPSA) is 69.7 Å². The minimum atomic E-state index is -1.62. The van der Waals surface area contributed by atoms with Crippen LogP contribution in [0.25, 0.3) is 0 Å². The second-order valence-corrected chi connectivity index (χ2v) is 6.73. The quantitative estimate of drug-likeness (QED) is 0.614. The van der Waals surface area contributed by atoms with E-state index in [9.17, 15) is 14.4 Å². The Bertz CT molecular complexity index is 759. The van der Waals surface area contributed by atoms with Gasteiger partial charge in [-0.2, -0.15) is 0 Å². The summed E-state index contributed by atoms with van der Waals surface area (Å²) in [5.74, 6) is -2.68. The smallest absolute Gasteiger partial charge is 0.324 e. The van der Waals surface area contributed by atoms with Gasteiger partial charge in [-0.15, -0.1) is 0 Å². The summed E-state index contributed by atoms with van der Waals surface area (Å²) in [5, 5.41) is 0. The van der Waals surface area contributed by atoms with Gasteiger partial charge in [0.25, 0.3) is 0 Å². The number of ether oxygens (including phenoxy) is 2. The molecule has 0 amide bonds. The molecule has 1 aliphatic rings. The van der Waals surface area contributed by atoms with Crippen LogP contribution in [0, 0.1) is 5.41 Å². The molecule has 1 aliphatic carbocycles. The third-order valence-corrected chi connectivity index (χ3v) is 5.41. The van der Waals surface area contributed by atoms with Gasteiger partial charge in [0.1, 0.15) is 5.78 Å². The number of hydrogen-bond donors (Lipinski definition) is 0. The summed E-state index contributed by atoms with van der Waals surface area (Å²) in [7, 11) is 2.51. The summed E-state index contributed by atoms with van der Waals surface area (Å²) >= 11 is 0. The van der Waals surface area contributed by atoms with E-state index in [0.717, 1.165) is 11.1 Å². The lowest BCUT2D eigenvalue weighted by atomic mass is 9.56. The van der Waals surface area contributed by atoms with Crippen LogP contribution in [0.5, 0.6) is 0 Å². The largest absolute Gasteiger partial charge is 0.468 e. The molecule has 2 aromatic carbocycles. The molecule has 140 valence electrons. The van der Waals surface area contributed by atoms with E-state index in [-0.39, 0.29) is 18.6 Å². The van der Waals surface area contributed by atoms with E-state index in [1.807, 2.05) is 60.7 Å². The van der Waals surface area contributed by atoms with Crippen molar-refractivity contribution in [2.24, 2.45) is 5.41 Å². The van der Waals surface area contributed by atoms with Crippen LogP contribution in [-0.2, 0) is 23.9 Å². The molecule has 0 bridgehead atoms. The lowest BCUT2D eigenvalue weighted by Gasteiger charge is -2.44. The molecule has 0 N–H and O–H groups in total. The summed E-state index contributed by atoms with van der Waals surface area (Å²) in [4.78, 5) is 38.9. The Kier molecular flexibility index (Phi) is 5.40. The Morgan fingerprint density at radius 1 is 0.778 bits per heavy atom. The minimum Gasteiger partial charge on any atom is -0.468 e. The Morgan fingerprint density at radius 3 is 1.48 bits per heavy atom. The number of hydrogen-bond acceptors (Lipinski definition) is 5. The van der Waals surface area contributed by atoms with E-state index in [4.69, 9.17) is 9.47 Å². The molecule has 27 heavy (non-hydrogen) atoms. The molecule has 0 saturated heterocycles. The molecule has 5 nitrogen and oxygen atoms in total. The number of carbonyl (C=O) groups is 3. The first-order valence-corrected chi connectivity index (χ1v) is 8.84. The highest BCUT2D eigenvalue weighted by molar-refractivity contribution is 6.05. The number of Topliss-reactive ketones (excluding diaryl/α,β-unsaturated/α-hetero) is 1. The highest BCUT2D eigenvalue weighted by atomic mass is 16.5. The van der Waals surface area contributed by atoms with Gasteiger partial charge in [0.05, 0.1) is 14.2 Å². The first-order chi connectivity index (χ1) is 13.1. The van der Waals surface area contributed by atoms with Gasteiger partial charge in [0.2, 0.25) is 0 Å². The molecule has 0 spiro atoms. The Hall–Kier alpha value is -2.95. The summed E-state index contributed by atoms with van der Waals surface area (Å²) in [6, 6.07) is 18.3. The summed E-state index contributed by atoms with van der Waals surface area (Å²) in [5.41, 5.74) is -0.148. The van der Waals surface area contributed by atoms with Crippen molar-refractivity contribution in [2.75, 3.05) is 14.2 Å². The molecular formula is C22H22O5. The molecule has 0 aromatic heterocycles. The molecule has 5 heteroatoms. The zero-order valence-electron chi connectivity index (χ0n) is 15.4. The van der Waals surface area contributed by atoms with Crippen molar-refractivity contribution in [3.8, 4) is 0 Å². The maximum Gasteiger partial charge on any atom is 0.324 e. The van der Waals surface area contributed by atoms with Crippen molar-refractivity contribution in [2.45, 2.75) is 24.7 Å². The van der Waals surface area contributed by atoms with Gasteiger partial charge in [0.15, 0.2) is 5.41 Å². The van der Waals surface area contributed by atoms with Crippen LogP contribution >= 0.6 is 0 Å². The van der Waals surface area contributed by atoms with Crippen molar-refractivity contribution in [3.63, 3.8) is 0 Å². The van der Waals surface area contributed by atoms with Crippen molar-refractivity contribution in [1.82, 2.24) is 0 Å². The molecule has 0 heterocycles. The van der Waals surface area contributed by atoms with Crippen LogP contribution in [0.4, 0.5) is 0 Å². The SMILES string of the molecule is COC(=O)C1(C(=O)OC)C(c2ccccc2)CC(=O)CC1c1ccccc1. The molecule has 2 unspecified atom stereocenters. The average Bonchev–Trinajstić information content (AvgIpc) is 2.73. The molecule has 0 radical (unpaired) electrons. The lowest BCUT2D eigenvalue weighted by molar-refractivity contribution is -0.175. The molecule has 3 rings (SSSR count). The minimum absolute atomic E-state index is 0.00105. The maximum atomic E-state index is 13.1. The first kappa shape index (κ1) is 18.8. The number of carbonyl (C=O) groups excluding carboxylic acids is 3. The zero-order chi connectivity index (χ0) is 19.4. The lowest BCUT2D eigenvalue weighted by Crippen LogP contribution is -2.53. The molecule has 2 aromatic rings. The summed E-state index contributed by atoms with van der Waals surface area (Å²) in [6.07, 6.45) is 0.162. The van der Waals surface area contributed by atoms with Crippen LogP contribution in [-0.4, -0.2) is 31.9 Å². The fourth-order valence-electron chi connectivity index (χ4n) is 4.23. The van der Waals surface area contributed by atoms with E-state index >= 15 is 0 Å². The molecule has 0 aliphatic heterocycles. The Morgan fingerprint density at radius 2 is 1.15 bits per heavy atom. The molecular weight excluding hydrogens is 344 g/mol. The second kappa shape index (κ2) is 7.74. The second-order valence-electron chi connectivity index (χ2n) is 6.73. The summed E-state index contributed by atoms with van der Waals surface area (Å²) in [6.45, 7) is 0. The Labute approximate surface area is 158 Å². The fraction of sp³-hybridized carbons (Fsp3) is 0.318. The van der Waals surface area contributed by atoms with Crippen molar-refractivity contribution in [1.29, 1.82) is 0 Å². The van der Waals surface area contributed by atoms with Crippen LogP contribution in [0.3, 0.4) is 0 Å². The van der Waals surface area contributed by atoms with Crippen LogP contribution in [0.1, 0.15) is 35.8 Å². The van der Waals surface area contributed by atoms with Gasteiger partial charge in [-0.05, 0) is 11.1 Å². The Balaban J connectivity index is 2.28. The first-order valence-electron chi connectivity index (χ1n) is 8.84. The maximum absolute atomic E-state index is 13.1. The third kappa shape index (κ3) is 3.14. The van der Waals surface area contributed by atoms with E-state index in [1.54, 1.807) is 0 Å². The zero-order valence-corrected chi connectivity index (χ0v) is 15.4. The van der Waals surface area contributed by atoms with E-state index in [0.29, 0.717) is 0 Å². The van der Waals surface area contributed by atoms with Gasteiger partial charge < -0.3 is 9.47 Å². The predicted octanol–water partition coefficient (Wildman–Crippen LogP) is 3.25. The fourth-order valence-corrected chi connectivity index (χ4v) is 4.23. The number of ketones is 1. The van der Waals surface area contributed by atoms with Gasteiger partial charge in [-0.1, -0.05) is 60.7 Å². The summed E-state index contributed by atoms with van der Waals surface area (Å²) < 4.78 is 10.2. The van der Waals surface area contributed by atoms with Crippen LogP contribution in [0.2, 0.25) is 0 Å². The van der Waals surface area contributed by atoms with Crippen LogP contribution < -0.4 is 0 Å². The van der Waals surface area contributed by atoms with Gasteiger partial charge >= 0.3 is 11.9 Å². The van der Waals surface area contributed by atoms with E-state index in [2.05, 4.69) is 0 Å². The normalized spacial score (nSPS) is 21.3. The number of methoxy groups -OCH3 is 2. The molecule has 2 atom stereocenters. The van der Waals surface area contributed by atoms with E-state index in [1.165, 1.54) is 14.2 Å². The highest BCUT2D eigenvalue weighted by Gasteiger charge is 2.63. The van der Waals surface area contributed by atoms with Crippen molar-refractivity contribution < 1.29 is 23.9 Å². The van der Waals surface area contributed by atoms with Gasteiger partial charge in [0, 0.05) is 24.7 Å². The van der Waals surface area contributed by atoms with Crippen molar-refractivity contribution >= 4 is 17.7 Å². The average molecular weight is 366 g/mol. The predicted molar refractivity (Wildman–Crippen MR) is 99.1 cm³/mol. The third-order valence-electron chi connectivity index (χ3n) is 5.41. The molecule has 1 fully saturated rings. The number of rotatable bonds is 4. The van der Waals surface area contributed by atoms with Gasteiger partial charge in [-0.25, -0.2) is 0 Å². The highest BCUT2D eigenvalue weighted by Crippen LogP contribution is 2.55. The molecule has 1 saturated carbocycles. The number of esters is 2. The monoisotopic (exact) mass is 366 g/mol. The van der Waals surface area contributed by atoms with E-state index < -0.39 is 29.2 Å². The number of benzene rings is 2.